The number of nitrogens with zero attached hydrogens (tertiary/aromatic N) is 1. The summed E-state index contributed by atoms with van der Waals surface area (Å²) in [6, 6.07) is 6.26. The zero-order valence-electron chi connectivity index (χ0n) is 12.9. The smallest absolute Gasteiger partial charge is 0.260 e. The van der Waals surface area contributed by atoms with E-state index in [1.807, 2.05) is 11.0 Å². The molecule has 0 N–H and O–H groups in total. The summed E-state index contributed by atoms with van der Waals surface area (Å²) >= 11 is 0. The van der Waals surface area contributed by atoms with Crippen molar-refractivity contribution in [3.8, 4) is 5.75 Å². The minimum Gasteiger partial charge on any atom is -0.484 e. The molecule has 0 unspecified atom stereocenters. The van der Waals surface area contributed by atoms with Crippen LogP contribution in [0.1, 0.15) is 43.7 Å². The van der Waals surface area contributed by atoms with E-state index in [1.54, 1.807) is 0 Å². The van der Waals surface area contributed by atoms with Gasteiger partial charge in [0.15, 0.2) is 6.61 Å². The number of aryl methyl sites for hydroxylation is 2. The minimum atomic E-state index is 0.129. The van der Waals surface area contributed by atoms with Gasteiger partial charge in [-0.15, -0.1) is 0 Å². The lowest BCUT2D eigenvalue weighted by molar-refractivity contribution is -0.133. The van der Waals surface area contributed by atoms with Crippen LogP contribution in [-0.4, -0.2) is 30.5 Å². The Morgan fingerprint density at radius 2 is 2.10 bits per heavy atom. The van der Waals surface area contributed by atoms with Crippen molar-refractivity contribution in [2.75, 3.05) is 19.7 Å². The lowest BCUT2D eigenvalue weighted by atomic mass is 10.1. The highest BCUT2D eigenvalue weighted by molar-refractivity contribution is 5.77. The number of fused-ring (bicyclic) bond motifs is 1. The monoisotopic (exact) mass is 287 g/mol. The van der Waals surface area contributed by atoms with Crippen molar-refractivity contribution in [2.45, 2.75) is 45.4 Å². The van der Waals surface area contributed by atoms with Crippen molar-refractivity contribution in [1.29, 1.82) is 0 Å². The summed E-state index contributed by atoms with van der Waals surface area (Å²) in [5.74, 6) is 1.71. The summed E-state index contributed by atoms with van der Waals surface area (Å²) in [7, 11) is 0. The molecule has 0 spiro atoms. The Hall–Kier alpha value is -1.51. The predicted octanol–water partition coefficient (Wildman–Crippen LogP) is 3.20. The molecule has 0 heterocycles. The van der Waals surface area contributed by atoms with Gasteiger partial charge in [-0.05, 0) is 67.7 Å². The number of hydrogen-bond donors (Lipinski definition) is 0. The molecule has 3 rings (SSSR count). The zero-order valence-corrected chi connectivity index (χ0v) is 12.9. The Kier molecular flexibility index (Phi) is 4.47. The number of ether oxygens (including phenoxy) is 1. The van der Waals surface area contributed by atoms with Crippen LogP contribution in [0, 0.1) is 5.92 Å². The van der Waals surface area contributed by atoms with E-state index in [1.165, 1.54) is 36.8 Å². The molecule has 114 valence electrons. The van der Waals surface area contributed by atoms with Gasteiger partial charge < -0.3 is 9.64 Å². The molecule has 3 nitrogen and oxygen atoms in total. The van der Waals surface area contributed by atoms with Gasteiger partial charge in [-0.1, -0.05) is 13.0 Å². The molecule has 0 aliphatic heterocycles. The largest absolute Gasteiger partial charge is 0.484 e. The standard InChI is InChI=1S/C18H25NO2/c1-2-10-19(12-14-6-7-14)18(20)13-21-17-9-8-15-4-3-5-16(15)11-17/h8-9,11,14H,2-7,10,12-13H2,1H3. The molecule has 1 aromatic carbocycles. The molecule has 2 aliphatic rings. The van der Waals surface area contributed by atoms with E-state index in [0.717, 1.165) is 37.6 Å². The predicted molar refractivity (Wildman–Crippen MR) is 83.6 cm³/mol. The van der Waals surface area contributed by atoms with Gasteiger partial charge in [-0.3, -0.25) is 4.79 Å². The molecule has 1 saturated carbocycles. The minimum absolute atomic E-state index is 0.129. The molecule has 21 heavy (non-hydrogen) atoms. The quantitative estimate of drug-likeness (QED) is 0.770. The van der Waals surface area contributed by atoms with E-state index >= 15 is 0 Å². The Balaban J connectivity index is 1.54. The molecule has 0 radical (unpaired) electrons. The van der Waals surface area contributed by atoms with Crippen LogP contribution in [0.3, 0.4) is 0 Å². The molecule has 0 bridgehead atoms. The molecule has 1 aromatic rings. The highest BCUT2D eigenvalue weighted by atomic mass is 16.5. The Bertz CT molecular complexity index is 508. The fourth-order valence-electron chi connectivity index (χ4n) is 3.07. The summed E-state index contributed by atoms with van der Waals surface area (Å²) in [4.78, 5) is 14.3. The van der Waals surface area contributed by atoms with Crippen LogP contribution in [0.15, 0.2) is 18.2 Å². The third-order valence-corrected chi connectivity index (χ3v) is 4.45. The van der Waals surface area contributed by atoms with Crippen molar-refractivity contribution in [3.05, 3.63) is 29.3 Å². The van der Waals surface area contributed by atoms with Crippen LogP contribution >= 0.6 is 0 Å². The fourth-order valence-corrected chi connectivity index (χ4v) is 3.07. The molecule has 1 amide bonds. The first-order chi connectivity index (χ1) is 10.3. The molecule has 3 heteroatoms. The van der Waals surface area contributed by atoms with Crippen molar-refractivity contribution in [2.24, 2.45) is 5.92 Å². The van der Waals surface area contributed by atoms with Crippen molar-refractivity contribution in [1.82, 2.24) is 4.90 Å². The van der Waals surface area contributed by atoms with Crippen molar-refractivity contribution < 1.29 is 9.53 Å². The Morgan fingerprint density at radius 1 is 1.29 bits per heavy atom. The average Bonchev–Trinajstić information content (AvgIpc) is 3.18. The first-order valence-corrected chi connectivity index (χ1v) is 8.28. The average molecular weight is 287 g/mol. The first kappa shape index (κ1) is 14.4. The summed E-state index contributed by atoms with van der Waals surface area (Å²) in [5.41, 5.74) is 2.83. The molecule has 1 fully saturated rings. The summed E-state index contributed by atoms with van der Waals surface area (Å²) < 4.78 is 5.73. The third-order valence-electron chi connectivity index (χ3n) is 4.45. The maximum Gasteiger partial charge on any atom is 0.260 e. The normalized spacial score (nSPS) is 16.6. The zero-order chi connectivity index (χ0) is 14.7. The molecule has 0 atom stereocenters. The van der Waals surface area contributed by atoms with E-state index in [-0.39, 0.29) is 12.5 Å². The van der Waals surface area contributed by atoms with E-state index in [2.05, 4.69) is 19.1 Å². The van der Waals surface area contributed by atoms with E-state index < -0.39 is 0 Å². The van der Waals surface area contributed by atoms with Crippen LogP contribution in [0.5, 0.6) is 5.75 Å². The summed E-state index contributed by atoms with van der Waals surface area (Å²) in [6.45, 7) is 4.06. The van der Waals surface area contributed by atoms with Gasteiger partial charge in [0.2, 0.25) is 0 Å². The Morgan fingerprint density at radius 3 is 2.86 bits per heavy atom. The second-order valence-electron chi connectivity index (χ2n) is 6.36. The lowest BCUT2D eigenvalue weighted by Crippen LogP contribution is -2.37. The van der Waals surface area contributed by atoms with Gasteiger partial charge >= 0.3 is 0 Å². The number of benzene rings is 1. The number of amides is 1. The summed E-state index contributed by atoms with van der Waals surface area (Å²) in [5, 5.41) is 0. The highest BCUT2D eigenvalue weighted by Crippen LogP contribution is 2.30. The van der Waals surface area contributed by atoms with Crippen LogP contribution in [-0.2, 0) is 17.6 Å². The van der Waals surface area contributed by atoms with Crippen LogP contribution in [0.2, 0.25) is 0 Å². The topological polar surface area (TPSA) is 29.5 Å². The lowest BCUT2D eigenvalue weighted by Gasteiger charge is -2.22. The van der Waals surface area contributed by atoms with Crippen LogP contribution < -0.4 is 4.74 Å². The third kappa shape index (κ3) is 3.78. The fraction of sp³-hybridized carbons (Fsp3) is 0.611. The number of rotatable bonds is 7. The SMILES string of the molecule is CCCN(CC1CC1)C(=O)COc1ccc2c(c1)CCC2. The van der Waals surface area contributed by atoms with Crippen LogP contribution in [0.25, 0.3) is 0 Å². The van der Waals surface area contributed by atoms with Gasteiger partial charge in [0, 0.05) is 13.1 Å². The number of carbonyl (C=O) groups is 1. The highest BCUT2D eigenvalue weighted by Gasteiger charge is 2.26. The molecular weight excluding hydrogens is 262 g/mol. The first-order valence-electron chi connectivity index (χ1n) is 8.28. The van der Waals surface area contributed by atoms with E-state index in [0.29, 0.717) is 0 Å². The van der Waals surface area contributed by atoms with Gasteiger partial charge in [0.05, 0.1) is 0 Å². The van der Waals surface area contributed by atoms with E-state index in [4.69, 9.17) is 4.74 Å². The molecule has 0 aromatic heterocycles. The van der Waals surface area contributed by atoms with Gasteiger partial charge in [0.1, 0.15) is 5.75 Å². The summed E-state index contributed by atoms with van der Waals surface area (Å²) in [6.07, 6.45) is 7.13. The maximum atomic E-state index is 12.3. The number of hydrogen-bond acceptors (Lipinski definition) is 2. The maximum absolute atomic E-state index is 12.3. The number of carbonyl (C=O) groups excluding carboxylic acids is 1. The second kappa shape index (κ2) is 6.50. The van der Waals surface area contributed by atoms with Gasteiger partial charge in [-0.25, -0.2) is 0 Å². The van der Waals surface area contributed by atoms with Gasteiger partial charge in [-0.2, -0.15) is 0 Å². The van der Waals surface area contributed by atoms with Crippen molar-refractivity contribution >= 4 is 5.91 Å². The van der Waals surface area contributed by atoms with E-state index in [9.17, 15) is 4.79 Å². The van der Waals surface area contributed by atoms with Crippen molar-refractivity contribution in [3.63, 3.8) is 0 Å². The molecule has 0 saturated heterocycles. The Labute approximate surface area is 127 Å². The van der Waals surface area contributed by atoms with Crippen LogP contribution in [0.4, 0.5) is 0 Å². The molecule has 2 aliphatic carbocycles. The second-order valence-corrected chi connectivity index (χ2v) is 6.36. The van der Waals surface area contributed by atoms with Gasteiger partial charge in [0.25, 0.3) is 5.91 Å². The molecular formula is C18H25NO2.